The topological polar surface area (TPSA) is 78.9 Å². The third kappa shape index (κ3) is 7.64. The van der Waals surface area contributed by atoms with Crippen LogP contribution < -0.4 is 15.4 Å². The molecular weight excluding hydrogens is 414 g/mol. The molecule has 0 saturated heterocycles. The zero-order valence-electron chi connectivity index (χ0n) is 19.4. The monoisotopic (exact) mass is 445 g/mol. The quantitative estimate of drug-likeness (QED) is 0.390. The van der Waals surface area contributed by atoms with E-state index in [1.54, 1.807) is 32.2 Å². The summed E-state index contributed by atoms with van der Waals surface area (Å²) in [6, 6.07) is 21.6. The van der Waals surface area contributed by atoms with Crippen molar-refractivity contribution >= 4 is 11.9 Å². The fraction of sp³-hybridized carbons (Fsp3) is 0.269. The van der Waals surface area contributed by atoms with E-state index in [9.17, 15) is 4.79 Å². The zero-order chi connectivity index (χ0) is 23.5. The first kappa shape index (κ1) is 23.8. The molecule has 0 spiro atoms. The molecule has 0 unspecified atom stereocenters. The Kier molecular flexibility index (Phi) is 8.82. The van der Waals surface area contributed by atoms with E-state index >= 15 is 0 Å². The number of carbonyl (C=O) groups is 1. The second kappa shape index (κ2) is 12.2. The number of ether oxygens (including phenoxy) is 1. The molecule has 7 heteroatoms. The van der Waals surface area contributed by atoms with Gasteiger partial charge in [0, 0.05) is 52.1 Å². The van der Waals surface area contributed by atoms with Gasteiger partial charge in [-0.25, -0.2) is 4.98 Å². The van der Waals surface area contributed by atoms with Crippen molar-refractivity contribution in [2.24, 2.45) is 4.99 Å². The normalized spacial score (nSPS) is 11.1. The lowest BCUT2D eigenvalue weighted by Crippen LogP contribution is -2.37. The van der Waals surface area contributed by atoms with Crippen LogP contribution in [0.25, 0.3) is 0 Å². The van der Waals surface area contributed by atoms with E-state index in [0.717, 1.165) is 23.1 Å². The van der Waals surface area contributed by atoms with E-state index < -0.39 is 0 Å². The number of rotatable bonds is 9. The van der Waals surface area contributed by atoms with Crippen LogP contribution in [0.5, 0.6) is 5.88 Å². The van der Waals surface area contributed by atoms with Gasteiger partial charge in [-0.2, -0.15) is 0 Å². The molecule has 33 heavy (non-hydrogen) atoms. The molecule has 3 aromatic rings. The minimum Gasteiger partial charge on any atom is -0.473 e. The van der Waals surface area contributed by atoms with Gasteiger partial charge in [-0.3, -0.25) is 9.79 Å². The molecule has 0 aliphatic rings. The SMILES string of the molecule is CN=C(NCCc1cccc(C(=O)N(C)C)c1)NCc1ccnc(OCc2ccccc2)c1. The molecule has 172 valence electrons. The number of aliphatic imine (C=N–C) groups is 1. The molecule has 1 heterocycles. The van der Waals surface area contributed by atoms with Crippen molar-refractivity contribution in [3.8, 4) is 5.88 Å². The highest BCUT2D eigenvalue weighted by atomic mass is 16.5. The van der Waals surface area contributed by atoms with Gasteiger partial charge < -0.3 is 20.3 Å². The van der Waals surface area contributed by atoms with Crippen LogP contribution in [0.3, 0.4) is 0 Å². The Balaban J connectivity index is 1.46. The van der Waals surface area contributed by atoms with Crippen LogP contribution in [0.1, 0.15) is 27.0 Å². The van der Waals surface area contributed by atoms with Gasteiger partial charge in [0.25, 0.3) is 5.91 Å². The van der Waals surface area contributed by atoms with Gasteiger partial charge in [0.1, 0.15) is 6.61 Å². The first-order chi connectivity index (χ1) is 16.0. The van der Waals surface area contributed by atoms with E-state index in [2.05, 4.69) is 20.6 Å². The molecule has 7 nitrogen and oxygen atoms in total. The predicted molar refractivity (Wildman–Crippen MR) is 131 cm³/mol. The van der Waals surface area contributed by atoms with Crippen molar-refractivity contribution in [1.29, 1.82) is 0 Å². The lowest BCUT2D eigenvalue weighted by Gasteiger charge is -2.13. The standard InChI is InChI=1S/C26H31N5O2/c1-27-26(29-15-12-20-10-7-11-23(16-20)25(32)31(2)3)30-18-22-13-14-28-24(17-22)33-19-21-8-5-4-6-9-21/h4-11,13-14,16-17H,12,15,18-19H2,1-3H3,(H2,27,29,30). The summed E-state index contributed by atoms with van der Waals surface area (Å²) in [5.74, 6) is 1.30. The fourth-order valence-electron chi connectivity index (χ4n) is 3.22. The Hall–Kier alpha value is -3.87. The highest BCUT2D eigenvalue weighted by molar-refractivity contribution is 5.94. The van der Waals surface area contributed by atoms with Crippen molar-refractivity contribution in [2.45, 2.75) is 19.6 Å². The number of carbonyl (C=O) groups excluding carboxylic acids is 1. The summed E-state index contributed by atoms with van der Waals surface area (Å²) >= 11 is 0. The van der Waals surface area contributed by atoms with E-state index in [1.165, 1.54) is 0 Å². The predicted octanol–water partition coefficient (Wildman–Crippen LogP) is 3.27. The molecule has 0 aliphatic carbocycles. The largest absolute Gasteiger partial charge is 0.473 e. The van der Waals surface area contributed by atoms with Crippen LogP contribution in [-0.2, 0) is 19.6 Å². The smallest absolute Gasteiger partial charge is 0.253 e. The third-order valence-electron chi connectivity index (χ3n) is 5.00. The van der Waals surface area contributed by atoms with Gasteiger partial charge in [-0.1, -0.05) is 42.5 Å². The number of hydrogen-bond acceptors (Lipinski definition) is 4. The van der Waals surface area contributed by atoms with Crippen LogP contribution in [0.2, 0.25) is 0 Å². The van der Waals surface area contributed by atoms with Gasteiger partial charge in [-0.05, 0) is 41.3 Å². The molecule has 2 aromatic carbocycles. The third-order valence-corrected chi connectivity index (χ3v) is 5.00. The lowest BCUT2D eigenvalue weighted by molar-refractivity contribution is 0.0827. The lowest BCUT2D eigenvalue weighted by atomic mass is 10.1. The highest BCUT2D eigenvalue weighted by Crippen LogP contribution is 2.12. The number of nitrogens with one attached hydrogen (secondary N) is 2. The van der Waals surface area contributed by atoms with Gasteiger partial charge >= 0.3 is 0 Å². The van der Waals surface area contributed by atoms with Crippen molar-refractivity contribution in [2.75, 3.05) is 27.7 Å². The molecule has 2 N–H and O–H groups in total. The minimum absolute atomic E-state index is 0.00625. The Morgan fingerprint density at radius 1 is 0.970 bits per heavy atom. The number of pyridine rings is 1. The van der Waals surface area contributed by atoms with Gasteiger partial charge in [-0.15, -0.1) is 0 Å². The number of benzene rings is 2. The molecular formula is C26H31N5O2. The van der Waals surface area contributed by atoms with Crippen molar-refractivity contribution < 1.29 is 9.53 Å². The first-order valence-corrected chi connectivity index (χ1v) is 10.9. The average Bonchev–Trinajstić information content (AvgIpc) is 2.85. The number of guanidine groups is 1. The minimum atomic E-state index is 0.00625. The van der Waals surface area contributed by atoms with Gasteiger partial charge in [0.15, 0.2) is 5.96 Å². The van der Waals surface area contributed by atoms with Crippen molar-refractivity contribution in [1.82, 2.24) is 20.5 Å². The summed E-state index contributed by atoms with van der Waals surface area (Å²) in [4.78, 5) is 22.3. The second-order valence-corrected chi connectivity index (χ2v) is 7.78. The Morgan fingerprint density at radius 2 is 1.76 bits per heavy atom. The van der Waals surface area contributed by atoms with Crippen LogP contribution in [0, 0.1) is 0 Å². The summed E-state index contributed by atoms with van der Waals surface area (Å²) < 4.78 is 5.81. The number of aromatic nitrogens is 1. The molecule has 0 fully saturated rings. The summed E-state index contributed by atoms with van der Waals surface area (Å²) in [7, 11) is 5.26. The number of nitrogens with zero attached hydrogens (tertiary/aromatic N) is 3. The highest BCUT2D eigenvalue weighted by Gasteiger charge is 2.08. The van der Waals surface area contributed by atoms with E-state index in [0.29, 0.717) is 37.1 Å². The van der Waals surface area contributed by atoms with Gasteiger partial charge in [0.2, 0.25) is 5.88 Å². The maximum atomic E-state index is 12.1. The molecule has 3 rings (SSSR count). The van der Waals surface area contributed by atoms with E-state index in [-0.39, 0.29) is 5.91 Å². The summed E-state index contributed by atoms with van der Waals surface area (Å²) in [6.45, 7) is 1.77. The van der Waals surface area contributed by atoms with Crippen molar-refractivity contribution in [3.05, 3.63) is 95.2 Å². The average molecular weight is 446 g/mol. The second-order valence-electron chi connectivity index (χ2n) is 7.78. The summed E-state index contributed by atoms with van der Waals surface area (Å²) in [5, 5.41) is 6.63. The fourth-order valence-corrected chi connectivity index (χ4v) is 3.22. The van der Waals surface area contributed by atoms with Crippen LogP contribution in [-0.4, -0.2) is 49.4 Å². The van der Waals surface area contributed by atoms with Crippen LogP contribution in [0.4, 0.5) is 0 Å². The Labute approximate surface area is 195 Å². The van der Waals surface area contributed by atoms with Crippen molar-refractivity contribution in [3.63, 3.8) is 0 Å². The number of amides is 1. The number of hydrogen-bond donors (Lipinski definition) is 2. The van der Waals surface area contributed by atoms with Crippen LogP contribution in [0.15, 0.2) is 77.9 Å². The summed E-state index contributed by atoms with van der Waals surface area (Å²) in [5.41, 5.74) is 3.94. The van der Waals surface area contributed by atoms with Crippen LogP contribution >= 0.6 is 0 Å². The Bertz CT molecular complexity index is 1070. The molecule has 0 radical (unpaired) electrons. The molecule has 1 aromatic heterocycles. The molecule has 0 bridgehead atoms. The summed E-state index contributed by atoms with van der Waals surface area (Å²) in [6.07, 6.45) is 2.53. The maximum Gasteiger partial charge on any atom is 0.253 e. The molecule has 0 saturated carbocycles. The Morgan fingerprint density at radius 3 is 2.52 bits per heavy atom. The molecule has 0 atom stereocenters. The van der Waals surface area contributed by atoms with E-state index in [4.69, 9.17) is 4.74 Å². The van der Waals surface area contributed by atoms with E-state index in [1.807, 2.05) is 66.7 Å². The molecule has 0 aliphatic heterocycles. The zero-order valence-corrected chi connectivity index (χ0v) is 19.4. The van der Waals surface area contributed by atoms with Gasteiger partial charge in [0.05, 0.1) is 0 Å². The maximum absolute atomic E-state index is 12.1. The first-order valence-electron chi connectivity index (χ1n) is 10.9. The molecule has 1 amide bonds.